The molecule has 0 spiro atoms. The molecule has 0 aromatic carbocycles. The largest absolute Gasteiger partial charge is 0.467 e. The number of methoxy groups -OCH3 is 1. The third kappa shape index (κ3) is 5.69. The van der Waals surface area contributed by atoms with Crippen molar-refractivity contribution < 1.29 is 14.3 Å². The Balaban J connectivity index is 2.45. The van der Waals surface area contributed by atoms with Crippen LogP contribution in [-0.4, -0.2) is 29.6 Å². The molecular formula is C22H31N3O4. The van der Waals surface area contributed by atoms with E-state index in [1.807, 2.05) is 13.8 Å². The van der Waals surface area contributed by atoms with Crippen molar-refractivity contribution in [1.82, 2.24) is 9.88 Å². The van der Waals surface area contributed by atoms with Crippen LogP contribution >= 0.6 is 0 Å². The summed E-state index contributed by atoms with van der Waals surface area (Å²) in [7, 11) is 1.28. The first-order valence-corrected chi connectivity index (χ1v) is 10.4. The summed E-state index contributed by atoms with van der Waals surface area (Å²) in [5.74, 6) is -1.26. The van der Waals surface area contributed by atoms with E-state index in [1.165, 1.54) is 7.11 Å². The lowest BCUT2D eigenvalue weighted by molar-refractivity contribution is -0.144. The van der Waals surface area contributed by atoms with Gasteiger partial charge in [-0.3, -0.25) is 9.59 Å². The molecule has 7 heteroatoms. The number of nitrogens with zero attached hydrogens (tertiary/aromatic N) is 2. The normalized spacial score (nSPS) is 14.9. The van der Waals surface area contributed by atoms with Crippen LogP contribution < -0.4 is 10.9 Å². The van der Waals surface area contributed by atoms with Gasteiger partial charge in [0.15, 0.2) is 0 Å². The molecule has 0 unspecified atom stereocenters. The van der Waals surface area contributed by atoms with Gasteiger partial charge in [-0.25, -0.2) is 4.79 Å². The maximum absolute atomic E-state index is 13.2. The molecule has 1 atom stereocenters. The van der Waals surface area contributed by atoms with Gasteiger partial charge in [0.25, 0.3) is 11.5 Å². The van der Waals surface area contributed by atoms with Gasteiger partial charge in [-0.2, -0.15) is 5.26 Å². The van der Waals surface area contributed by atoms with E-state index in [4.69, 9.17) is 10.00 Å². The lowest BCUT2D eigenvalue weighted by Gasteiger charge is -2.23. The number of rotatable bonds is 7. The van der Waals surface area contributed by atoms with Gasteiger partial charge in [-0.05, 0) is 49.7 Å². The highest BCUT2D eigenvalue weighted by Gasteiger charge is 2.27. The van der Waals surface area contributed by atoms with Gasteiger partial charge in [0.2, 0.25) is 0 Å². The number of ether oxygens (including phenoxy) is 1. The smallest absolute Gasteiger partial charge is 0.328 e. The zero-order chi connectivity index (χ0) is 21.4. The van der Waals surface area contributed by atoms with Crippen molar-refractivity contribution in [2.75, 3.05) is 7.11 Å². The number of carbonyl (C=O) groups excluding carboxylic acids is 2. The van der Waals surface area contributed by atoms with E-state index in [-0.39, 0.29) is 17.0 Å². The third-order valence-electron chi connectivity index (χ3n) is 5.42. The third-order valence-corrected chi connectivity index (χ3v) is 5.42. The summed E-state index contributed by atoms with van der Waals surface area (Å²) >= 11 is 0. The number of nitrogens with one attached hydrogen (secondary N) is 1. The number of hydrogen-bond donors (Lipinski definition) is 1. The molecule has 29 heavy (non-hydrogen) atoms. The van der Waals surface area contributed by atoms with Crippen molar-refractivity contribution >= 4 is 11.9 Å². The summed E-state index contributed by atoms with van der Waals surface area (Å²) in [4.78, 5) is 38.1. The van der Waals surface area contributed by atoms with E-state index in [2.05, 4.69) is 11.4 Å². The summed E-state index contributed by atoms with van der Waals surface area (Å²) in [6.07, 6.45) is 6.82. The van der Waals surface area contributed by atoms with Crippen LogP contribution in [0.15, 0.2) is 10.9 Å². The molecule has 1 aliphatic rings. The maximum Gasteiger partial charge on any atom is 0.328 e. The number of amides is 1. The van der Waals surface area contributed by atoms with Crippen LogP contribution in [0.1, 0.15) is 74.0 Å². The van der Waals surface area contributed by atoms with E-state index < -0.39 is 17.9 Å². The molecule has 158 valence electrons. The number of nitriles is 1. The van der Waals surface area contributed by atoms with E-state index >= 15 is 0 Å². The topological polar surface area (TPSA) is 101 Å². The number of esters is 1. The average molecular weight is 402 g/mol. The minimum atomic E-state index is -0.819. The second-order valence-corrected chi connectivity index (χ2v) is 7.88. The number of fused-ring (bicyclic) bond motifs is 1. The first-order valence-electron chi connectivity index (χ1n) is 10.4. The van der Waals surface area contributed by atoms with E-state index in [0.717, 1.165) is 49.8 Å². The Labute approximate surface area is 172 Å². The number of unbranched alkanes of at least 4 members (excludes halogenated alkanes) is 1. The molecule has 0 saturated heterocycles. The lowest BCUT2D eigenvalue weighted by Crippen LogP contribution is -2.47. The second kappa shape index (κ2) is 10.8. The first-order chi connectivity index (χ1) is 13.9. The van der Waals surface area contributed by atoms with Gasteiger partial charge in [0, 0.05) is 18.7 Å². The highest BCUT2D eigenvalue weighted by Crippen LogP contribution is 2.21. The standard InChI is InChI=1S/C22H31N3O4/c1-15(2)19(22(28)29-3)24-20(26)17-14-16-10-6-4-5-7-11-18(16)25(21(17)27)13-9-8-12-23/h14-15,19H,4-11,13H2,1-3H3,(H,24,26)/t19-/m0/s1. The highest BCUT2D eigenvalue weighted by atomic mass is 16.5. The van der Waals surface area contributed by atoms with Crippen LogP contribution in [-0.2, 0) is 28.9 Å². The fourth-order valence-electron chi connectivity index (χ4n) is 3.79. The first kappa shape index (κ1) is 22.7. The zero-order valence-corrected chi connectivity index (χ0v) is 17.6. The predicted molar refractivity (Wildman–Crippen MR) is 110 cm³/mol. The van der Waals surface area contributed by atoms with Gasteiger partial charge in [0.05, 0.1) is 13.2 Å². The van der Waals surface area contributed by atoms with Crippen molar-refractivity contribution in [3.63, 3.8) is 0 Å². The van der Waals surface area contributed by atoms with Gasteiger partial charge < -0.3 is 14.6 Å². The lowest BCUT2D eigenvalue weighted by atomic mass is 9.95. The van der Waals surface area contributed by atoms with Gasteiger partial charge in [0.1, 0.15) is 11.6 Å². The Kier molecular flexibility index (Phi) is 8.44. The van der Waals surface area contributed by atoms with E-state index in [1.54, 1.807) is 10.6 Å². The number of carbonyl (C=O) groups is 2. The molecule has 7 nitrogen and oxygen atoms in total. The Morgan fingerprint density at radius 1 is 1.24 bits per heavy atom. The molecule has 0 bridgehead atoms. The Hall–Kier alpha value is -2.62. The monoisotopic (exact) mass is 401 g/mol. The molecule has 2 rings (SSSR count). The zero-order valence-electron chi connectivity index (χ0n) is 17.6. The minimum absolute atomic E-state index is 0.0517. The molecule has 0 aliphatic heterocycles. The summed E-state index contributed by atoms with van der Waals surface area (Å²) in [5, 5.41) is 11.5. The minimum Gasteiger partial charge on any atom is -0.467 e. The Morgan fingerprint density at radius 2 is 1.93 bits per heavy atom. The van der Waals surface area contributed by atoms with Crippen LogP contribution in [0, 0.1) is 17.2 Å². The molecule has 1 heterocycles. The number of hydrogen-bond acceptors (Lipinski definition) is 5. The number of aromatic nitrogens is 1. The van der Waals surface area contributed by atoms with Gasteiger partial charge in [-0.15, -0.1) is 0 Å². The molecule has 0 radical (unpaired) electrons. The highest BCUT2D eigenvalue weighted by molar-refractivity contribution is 5.96. The second-order valence-electron chi connectivity index (χ2n) is 7.88. The van der Waals surface area contributed by atoms with Gasteiger partial charge in [-0.1, -0.05) is 26.7 Å². The van der Waals surface area contributed by atoms with Crippen molar-refractivity contribution in [2.45, 2.75) is 77.8 Å². The van der Waals surface area contributed by atoms with Crippen LogP contribution in [0.4, 0.5) is 0 Å². The molecular weight excluding hydrogens is 370 g/mol. The maximum atomic E-state index is 13.2. The molecule has 0 fully saturated rings. The predicted octanol–water partition coefficient (Wildman–Crippen LogP) is 2.74. The molecule has 1 aromatic heterocycles. The fourth-order valence-corrected chi connectivity index (χ4v) is 3.79. The van der Waals surface area contributed by atoms with Crippen molar-refractivity contribution in [2.24, 2.45) is 5.92 Å². The number of pyridine rings is 1. The Morgan fingerprint density at radius 3 is 2.55 bits per heavy atom. The van der Waals surface area contributed by atoms with Crippen LogP contribution in [0.5, 0.6) is 0 Å². The van der Waals surface area contributed by atoms with Crippen LogP contribution in [0.2, 0.25) is 0 Å². The molecule has 1 N–H and O–H groups in total. The van der Waals surface area contributed by atoms with Crippen molar-refractivity contribution in [3.8, 4) is 6.07 Å². The molecule has 1 aromatic rings. The summed E-state index contributed by atoms with van der Waals surface area (Å²) in [5.41, 5.74) is 1.70. The molecule has 1 amide bonds. The summed E-state index contributed by atoms with van der Waals surface area (Å²) in [6.45, 7) is 4.03. The van der Waals surface area contributed by atoms with E-state index in [0.29, 0.717) is 19.4 Å². The van der Waals surface area contributed by atoms with Crippen molar-refractivity contribution in [3.05, 3.63) is 33.2 Å². The summed E-state index contributed by atoms with van der Waals surface area (Å²) in [6, 6.07) is 2.99. The molecule has 1 aliphatic carbocycles. The summed E-state index contributed by atoms with van der Waals surface area (Å²) < 4.78 is 6.46. The van der Waals surface area contributed by atoms with Gasteiger partial charge >= 0.3 is 5.97 Å². The quantitative estimate of drug-likeness (QED) is 0.559. The van der Waals surface area contributed by atoms with Crippen LogP contribution in [0.25, 0.3) is 0 Å². The Bertz CT molecular complexity index is 836. The fraction of sp³-hybridized carbons (Fsp3) is 0.636. The SMILES string of the molecule is COC(=O)[C@@H](NC(=O)c1cc2c(n(CCCC#N)c1=O)CCCCCC2)C(C)C. The molecule has 0 saturated carbocycles. The number of aryl methyl sites for hydroxylation is 1. The average Bonchev–Trinajstić information content (AvgIpc) is 2.67. The van der Waals surface area contributed by atoms with Crippen LogP contribution in [0.3, 0.4) is 0 Å². The van der Waals surface area contributed by atoms with E-state index in [9.17, 15) is 14.4 Å². The van der Waals surface area contributed by atoms with Crippen molar-refractivity contribution in [1.29, 1.82) is 5.26 Å².